The maximum atomic E-state index is 12.7. The Hall–Kier alpha value is -3.27. The van der Waals surface area contributed by atoms with Crippen molar-refractivity contribution in [1.82, 2.24) is 25.7 Å². The van der Waals surface area contributed by atoms with Crippen LogP contribution in [0.15, 0.2) is 24.3 Å². The Morgan fingerprint density at radius 2 is 1.94 bits per heavy atom. The van der Waals surface area contributed by atoms with Crippen molar-refractivity contribution >= 4 is 17.8 Å². The fourth-order valence-electron chi connectivity index (χ4n) is 3.54. The molecule has 1 aromatic carbocycles. The molecule has 180 valence electrons. The van der Waals surface area contributed by atoms with Crippen LogP contribution >= 0.6 is 0 Å². The van der Waals surface area contributed by atoms with E-state index in [2.05, 4.69) is 26.4 Å². The van der Waals surface area contributed by atoms with Gasteiger partial charge in [0.1, 0.15) is 5.82 Å². The van der Waals surface area contributed by atoms with Gasteiger partial charge in [0.2, 0.25) is 5.91 Å². The summed E-state index contributed by atoms with van der Waals surface area (Å²) in [6.07, 6.45) is 0.675. The average molecular weight is 459 g/mol. The Bertz CT molecular complexity index is 997. The molecule has 33 heavy (non-hydrogen) atoms. The second-order valence-electron chi connectivity index (χ2n) is 9.05. The fourth-order valence-corrected chi connectivity index (χ4v) is 3.54. The number of rotatable bonds is 7. The van der Waals surface area contributed by atoms with Gasteiger partial charge in [0, 0.05) is 30.5 Å². The lowest BCUT2D eigenvalue weighted by molar-refractivity contribution is -0.125. The van der Waals surface area contributed by atoms with Crippen LogP contribution in [0.4, 0.5) is 10.6 Å². The van der Waals surface area contributed by atoms with E-state index in [1.165, 1.54) is 0 Å². The van der Waals surface area contributed by atoms with Crippen molar-refractivity contribution in [2.24, 2.45) is 0 Å². The van der Waals surface area contributed by atoms with Gasteiger partial charge in [0.15, 0.2) is 17.8 Å². The second-order valence-corrected chi connectivity index (χ2v) is 9.05. The van der Waals surface area contributed by atoms with Gasteiger partial charge in [-0.3, -0.25) is 15.4 Å². The van der Waals surface area contributed by atoms with E-state index in [0.717, 1.165) is 17.7 Å². The van der Waals surface area contributed by atoms with E-state index in [4.69, 9.17) is 9.47 Å². The molecule has 0 bridgehead atoms. The first-order valence-electron chi connectivity index (χ1n) is 11.1. The number of urea groups is 1. The van der Waals surface area contributed by atoms with E-state index in [9.17, 15) is 9.59 Å². The summed E-state index contributed by atoms with van der Waals surface area (Å²) in [5.74, 6) is 1.65. The van der Waals surface area contributed by atoms with E-state index in [1.54, 1.807) is 25.0 Å². The summed E-state index contributed by atoms with van der Waals surface area (Å²) in [4.78, 5) is 24.9. The summed E-state index contributed by atoms with van der Waals surface area (Å²) in [6, 6.07) is 6.95. The number of amides is 3. The Morgan fingerprint density at radius 1 is 1.21 bits per heavy atom. The Labute approximate surface area is 194 Å². The second kappa shape index (κ2) is 10.1. The number of hydrogen-bond donors (Lipinski definition) is 4. The molecule has 1 aliphatic heterocycles. The zero-order chi connectivity index (χ0) is 24.2. The molecular formula is C23H34N6O4. The molecule has 0 radical (unpaired) electrons. The van der Waals surface area contributed by atoms with Crippen LogP contribution in [0.2, 0.25) is 0 Å². The summed E-state index contributed by atoms with van der Waals surface area (Å²) >= 11 is 0. The minimum absolute atomic E-state index is 0.0396. The smallest absolute Gasteiger partial charge is 0.320 e. The van der Waals surface area contributed by atoms with Crippen molar-refractivity contribution in [3.63, 3.8) is 0 Å². The molecule has 0 spiro atoms. The summed E-state index contributed by atoms with van der Waals surface area (Å²) in [5.41, 5.74) is 1.42. The van der Waals surface area contributed by atoms with Crippen molar-refractivity contribution in [2.75, 3.05) is 19.5 Å². The van der Waals surface area contributed by atoms with E-state index in [0.29, 0.717) is 30.3 Å². The Balaban J connectivity index is 1.76. The first-order chi connectivity index (χ1) is 15.6. The van der Waals surface area contributed by atoms with Gasteiger partial charge in [-0.1, -0.05) is 33.8 Å². The summed E-state index contributed by atoms with van der Waals surface area (Å²) in [7, 11) is 3.14. The molecule has 0 aliphatic carbocycles. The van der Waals surface area contributed by atoms with Crippen molar-refractivity contribution in [2.45, 2.75) is 64.8 Å². The highest BCUT2D eigenvalue weighted by Gasteiger charge is 2.30. The van der Waals surface area contributed by atoms with Gasteiger partial charge in [-0.15, -0.1) is 0 Å². The van der Waals surface area contributed by atoms with Crippen LogP contribution in [-0.2, 0) is 16.8 Å². The molecule has 3 amide bonds. The number of nitrogens with zero attached hydrogens (tertiary/aromatic N) is 2. The molecular weight excluding hydrogens is 424 g/mol. The predicted molar refractivity (Wildman–Crippen MR) is 125 cm³/mol. The monoisotopic (exact) mass is 458 g/mol. The third kappa shape index (κ3) is 5.95. The minimum atomic E-state index is -0.548. The van der Waals surface area contributed by atoms with E-state index in [1.807, 2.05) is 45.9 Å². The maximum absolute atomic E-state index is 12.7. The highest BCUT2D eigenvalue weighted by Crippen LogP contribution is 2.28. The summed E-state index contributed by atoms with van der Waals surface area (Å²) in [6.45, 7) is 8.45. The topological polar surface area (TPSA) is 119 Å². The van der Waals surface area contributed by atoms with Gasteiger partial charge >= 0.3 is 6.03 Å². The zero-order valence-corrected chi connectivity index (χ0v) is 20.1. The number of nitrogens with one attached hydrogen (secondary N) is 4. The van der Waals surface area contributed by atoms with Gasteiger partial charge in [-0.25, -0.2) is 9.48 Å². The molecule has 1 fully saturated rings. The molecule has 2 heterocycles. The first-order valence-corrected chi connectivity index (χ1v) is 11.1. The maximum Gasteiger partial charge on any atom is 0.320 e. The molecule has 1 saturated heterocycles. The number of carbonyl (C=O) groups is 2. The minimum Gasteiger partial charge on any atom is -0.493 e. The molecule has 2 unspecified atom stereocenters. The van der Waals surface area contributed by atoms with Crippen molar-refractivity contribution < 1.29 is 19.1 Å². The molecule has 1 aliphatic rings. The van der Waals surface area contributed by atoms with Crippen LogP contribution in [0.5, 0.6) is 11.5 Å². The largest absolute Gasteiger partial charge is 0.493 e. The number of aromatic nitrogens is 2. The van der Waals surface area contributed by atoms with Crippen LogP contribution in [0.25, 0.3) is 0 Å². The molecule has 1 aromatic heterocycles. The number of carbonyl (C=O) groups excluding carboxylic acids is 2. The van der Waals surface area contributed by atoms with Crippen molar-refractivity contribution in [1.29, 1.82) is 0 Å². The lowest BCUT2D eigenvalue weighted by Gasteiger charge is -2.32. The third-order valence-electron chi connectivity index (χ3n) is 5.51. The molecule has 10 nitrogen and oxygen atoms in total. The Kier molecular flexibility index (Phi) is 7.47. The number of ether oxygens (including phenoxy) is 2. The normalized spacial score (nSPS) is 18.4. The number of benzene rings is 1. The van der Waals surface area contributed by atoms with Gasteiger partial charge in [0.25, 0.3) is 0 Å². The van der Waals surface area contributed by atoms with Crippen molar-refractivity contribution in [3.05, 3.63) is 35.5 Å². The first kappa shape index (κ1) is 24.4. The van der Waals surface area contributed by atoms with E-state index < -0.39 is 6.29 Å². The van der Waals surface area contributed by atoms with Crippen LogP contribution in [-0.4, -0.2) is 42.0 Å². The van der Waals surface area contributed by atoms with Crippen LogP contribution in [0.3, 0.4) is 0 Å². The van der Waals surface area contributed by atoms with Gasteiger partial charge in [-0.05, 0) is 24.1 Å². The highest BCUT2D eigenvalue weighted by atomic mass is 16.5. The average Bonchev–Trinajstić information content (AvgIpc) is 3.21. The molecule has 10 heteroatoms. The number of methoxy groups -OCH3 is 2. The predicted octanol–water partition coefficient (Wildman–Crippen LogP) is 2.86. The van der Waals surface area contributed by atoms with Gasteiger partial charge in [-0.2, -0.15) is 5.10 Å². The molecule has 2 aromatic rings. The van der Waals surface area contributed by atoms with Crippen molar-refractivity contribution in [3.8, 4) is 11.5 Å². The lowest BCUT2D eigenvalue weighted by atomic mass is 9.92. The number of anilines is 1. The summed E-state index contributed by atoms with van der Waals surface area (Å²) in [5, 5.41) is 16.7. The summed E-state index contributed by atoms with van der Waals surface area (Å²) < 4.78 is 12.2. The Morgan fingerprint density at radius 3 is 2.58 bits per heavy atom. The van der Waals surface area contributed by atoms with Crippen LogP contribution in [0.1, 0.15) is 58.1 Å². The zero-order valence-electron chi connectivity index (χ0n) is 20.1. The molecule has 3 rings (SSSR count). The third-order valence-corrected chi connectivity index (χ3v) is 5.51. The van der Waals surface area contributed by atoms with Crippen LogP contribution in [0, 0.1) is 0 Å². The van der Waals surface area contributed by atoms with Gasteiger partial charge < -0.3 is 20.1 Å². The fraction of sp³-hybridized carbons (Fsp3) is 0.522. The lowest BCUT2D eigenvalue weighted by Crippen LogP contribution is -2.53. The van der Waals surface area contributed by atoms with Crippen LogP contribution < -0.4 is 30.7 Å². The SMILES string of the molecule is CCC1CC(=O)NC(n2nc(C(C)(C)C)cc2NC(=O)NCc2ccc(OC)c(OC)c2)N1. The highest BCUT2D eigenvalue weighted by molar-refractivity contribution is 5.88. The van der Waals surface area contributed by atoms with Gasteiger partial charge in [0.05, 0.1) is 19.9 Å². The van der Waals surface area contributed by atoms with E-state index >= 15 is 0 Å². The molecule has 4 N–H and O–H groups in total. The quantitative estimate of drug-likeness (QED) is 0.507. The molecule has 2 atom stereocenters. The molecule has 0 saturated carbocycles. The number of hydrogen-bond acceptors (Lipinski definition) is 6. The van der Waals surface area contributed by atoms with E-state index in [-0.39, 0.29) is 23.4 Å². The standard InChI is InChI=1S/C23H34N6O4/c1-7-15-11-20(30)27-21(25-15)29-19(12-18(28-29)23(2,3)4)26-22(31)24-13-14-8-9-16(32-5)17(10-14)33-6/h8-10,12,15,21,25H,7,11,13H2,1-6H3,(H,27,30)(H2,24,26,31).